The molecule has 1 N–H and O–H groups in total. The van der Waals surface area contributed by atoms with Crippen LogP contribution in [0, 0.1) is 5.82 Å². The van der Waals surface area contributed by atoms with E-state index in [0.29, 0.717) is 10.2 Å². The monoisotopic (exact) mass is 438 g/mol. The first-order valence-electron chi connectivity index (χ1n) is 7.48. The Bertz CT molecular complexity index is 894. The number of nitrogens with one attached hydrogen (secondary N) is 1. The van der Waals surface area contributed by atoms with Crippen LogP contribution in [0.1, 0.15) is 16.1 Å². The lowest BCUT2D eigenvalue weighted by molar-refractivity contribution is -0.122. The SMILES string of the molecule is O=C(NCCN1C(=O)S/C(=C\c2ccc(F)cc2)C1=O)c1ccc(Br)o1. The van der Waals surface area contributed by atoms with Crippen LogP contribution in [0.3, 0.4) is 0 Å². The standard InChI is InChI=1S/C17H12BrFN2O4S/c18-14-6-5-12(25-14)15(22)20-7-8-21-16(23)13(26-17(21)24)9-10-1-3-11(19)4-2-10/h1-6,9H,7-8H2,(H,20,22)/b13-9-. The van der Waals surface area contributed by atoms with Gasteiger partial charge in [0.05, 0.1) is 4.91 Å². The smallest absolute Gasteiger partial charge is 0.293 e. The van der Waals surface area contributed by atoms with Crippen molar-refractivity contribution in [2.24, 2.45) is 0 Å². The van der Waals surface area contributed by atoms with E-state index in [1.54, 1.807) is 6.07 Å². The number of halogens is 2. The maximum Gasteiger partial charge on any atom is 0.293 e. The molecule has 0 unspecified atom stereocenters. The van der Waals surface area contributed by atoms with E-state index in [2.05, 4.69) is 21.2 Å². The molecule has 9 heteroatoms. The molecule has 1 fully saturated rings. The normalized spacial score (nSPS) is 15.8. The molecule has 1 aliphatic rings. The Balaban J connectivity index is 1.58. The molecule has 134 valence electrons. The van der Waals surface area contributed by atoms with Crippen molar-refractivity contribution in [3.63, 3.8) is 0 Å². The molecular formula is C17H12BrFN2O4S. The molecule has 2 aromatic rings. The Hall–Kier alpha value is -2.39. The molecular weight excluding hydrogens is 427 g/mol. The van der Waals surface area contributed by atoms with Gasteiger partial charge in [-0.1, -0.05) is 12.1 Å². The van der Waals surface area contributed by atoms with Crippen LogP contribution in [0.2, 0.25) is 0 Å². The molecule has 0 saturated carbocycles. The highest BCUT2D eigenvalue weighted by Gasteiger charge is 2.34. The second-order valence-corrected chi connectivity index (χ2v) is 7.02. The van der Waals surface area contributed by atoms with Crippen LogP contribution >= 0.6 is 27.7 Å². The van der Waals surface area contributed by atoms with Gasteiger partial charge in [0.25, 0.3) is 17.1 Å². The Morgan fingerprint density at radius 2 is 1.96 bits per heavy atom. The molecule has 1 aromatic heterocycles. The summed E-state index contributed by atoms with van der Waals surface area (Å²) in [6.07, 6.45) is 1.53. The van der Waals surface area contributed by atoms with Gasteiger partial charge >= 0.3 is 0 Å². The zero-order chi connectivity index (χ0) is 18.7. The third-order valence-corrected chi connectivity index (χ3v) is 4.79. The van der Waals surface area contributed by atoms with Gasteiger partial charge in [-0.25, -0.2) is 4.39 Å². The lowest BCUT2D eigenvalue weighted by Gasteiger charge is -2.12. The Labute approximate surface area is 160 Å². The average Bonchev–Trinajstić information content (AvgIpc) is 3.15. The molecule has 0 aliphatic carbocycles. The summed E-state index contributed by atoms with van der Waals surface area (Å²) in [5.41, 5.74) is 0.619. The number of carbonyl (C=O) groups is 3. The number of nitrogens with zero attached hydrogens (tertiary/aromatic N) is 1. The van der Waals surface area contributed by atoms with Crippen LogP contribution < -0.4 is 5.32 Å². The molecule has 0 atom stereocenters. The van der Waals surface area contributed by atoms with Crippen molar-refractivity contribution in [2.75, 3.05) is 13.1 Å². The van der Waals surface area contributed by atoms with Crippen molar-refractivity contribution in [3.05, 3.63) is 63.1 Å². The van der Waals surface area contributed by atoms with E-state index in [4.69, 9.17) is 4.42 Å². The van der Waals surface area contributed by atoms with Gasteiger partial charge in [0.1, 0.15) is 5.82 Å². The first-order chi connectivity index (χ1) is 12.4. The fourth-order valence-corrected chi connectivity index (χ4v) is 3.38. The minimum absolute atomic E-state index is 0.0407. The first-order valence-corrected chi connectivity index (χ1v) is 9.09. The molecule has 0 spiro atoms. The number of rotatable bonds is 5. The van der Waals surface area contributed by atoms with Gasteiger partial charge in [-0.15, -0.1) is 0 Å². The summed E-state index contributed by atoms with van der Waals surface area (Å²) in [7, 11) is 0. The summed E-state index contributed by atoms with van der Waals surface area (Å²) < 4.78 is 18.5. The summed E-state index contributed by atoms with van der Waals surface area (Å²) in [5, 5.41) is 2.16. The maximum absolute atomic E-state index is 12.9. The first kappa shape index (κ1) is 18.4. The van der Waals surface area contributed by atoms with Crippen LogP contribution in [0.25, 0.3) is 6.08 Å². The van der Waals surface area contributed by atoms with Gasteiger partial charge in [-0.2, -0.15) is 0 Å². The van der Waals surface area contributed by atoms with Gasteiger partial charge in [-0.05, 0) is 63.6 Å². The second kappa shape index (κ2) is 7.88. The third kappa shape index (κ3) is 4.23. The molecule has 1 aliphatic heterocycles. The van der Waals surface area contributed by atoms with Crippen molar-refractivity contribution in [1.29, 1.82) is 0 Å². The molecule has 3 amide bonds. The molecule has 0 radical (unpaired) electrons. The maximum atomic E-state index is 12.9. The van der Waals surface area contributed by atoms with Gasteiger partial charge in [0.15, 0.2) is 10.4 Å². The van der Waals surface area contributed by atoms with E-state index < -0.39 is 17.1 Å². The van der Waals surface area contributed by atoms with Gasteiger partial charge in [-0.3, -0.25) is 19.3 Å². The predicted octanol–water partition coefficient (Wildman–Crippen LogP) is 3.65. The van der Waals surface area contributed by atoms with Crippen LogP contribution in [-0.4, -0.2) is 35.0 Å². The molecule has 6 nitrogen and oxygen atoms in total. The molecule has 2 heterocycles. The largest absolute Gasteiger partial charge is 0.444 e. The highest BCUT2D eigenvalue weighted by atomic mass is 79.9. The van der Waals surface area contributed by atoms with Gasteiger partial charge in [0, 0.05) is 13.1 Å². The summed E-state index contributed by atoms with van der Waals surface area (Å²) in [4.78, 5) is 37.5. The van der Waals surface area contributed by atoms with Crippen molar-refractivity contribution < 1.29 is 23.2 Å². The van der Waals surface area contributed by atoms with Crippen LogP contribution in [0.5, 0.6) is 0 Å². The molecule has 0 bridgehead atoms. The Kier molecular flexibility index (Phi) is 5.58. The van der Waals surface area contributed by atoms with Crippen molar-refractivity contribution >= 4 is 50.8 Å². The van der Waals surface area contributed by atoms with Crippen molar-refractivity contribution in [3.8, 4) is 0 Å². The number of hydrogen-bond donors (Lipinski definition) is 1. The van der Waals surface area contributed by atoms with Gasteiger partial charge in [0.2, 0.25) is 0 Å². The highest BCUT2D eigenvalue weighted by Crippen LogP contribution is 2.31. The second-order valence-electron chi connectivity index (χ2n) is 5.24. The molecule has 1 aromatic carbocycles. The van der Waals surface area contributed by atoms with E-state index in [1.807, 2.05) is 0 Å². The van der Waals surface area contributed by atoms with Gasteiger partial charge < -0.3 is 9.73 Å². The number of amides is 3. The van der Waals surface area contributed by atoms with E-state index in [-0.39, 0.29) is 29.6 Å². The van der Waals surface area contributed by atoms with Crippen molar-refractivity contribution in [2.45, 2.75) is 0 Å². The predicted molar refractivity (Wildman–Crippen MR) is 97.8 cm³/mol. The van der Waals surface area contributed by atoms with E-state index >= 15 is 0 Å². The number of hydrogen-bond acceptors (Lipinski definition) is 5. The summed E-state index contributed by atoms with van der Waals surface area (Å²) in [6.45, 7) is 0.137. The summed E-state index contributed by atoms with van der Waals surface area (Å²) >= 11 is 3.91. The molecule has 26 heavy (non-hydrogen) atoms. The Morgan fingerprint density at radius 3 is 2.62 bits per heavy atom. The quantitative estimate of drug-likeness (QED) is 0.720. The summed E-state index contributed by atoms with van der Waals surface area (Å²) in [6, 6.07) is 8.68. The lowest BCUT2D eigenvalue weighted by atomic mass is 10.2. The summed E-state index contributed by atoms with van der Waals surface area (Å²) in [5.74, 6) is -1.14. The van der Waals surface area contributed by atoms with Crippen LogP contribution in [-0.2, 0) is 4.79 Å². The lowest BCUT2D eigenvalue weighted by Crippen LogP contribution is -2.37. The number of carbonyl (C=O) groups excluding carboxylic acids is 3. The third-order valence-electron chi connectivity index (χ3n) is 3.46. The fourth-order valence-electron chi connectivity index (χ4n) is 2.21. The van der Waals surface area contributed by atoms with Crippen LogP contribution in [0.4, 0.5) is 9.18 Å². The number of furan rings is 1. The number of benzene rings is 1. The fraction of sp³-hybridized carbons (Fsp3) is 0.118. The highest BCUT2D eigenvalue weighted by molar-refractivity contribution is 9.10. The zero-order valence-corrected chi connectivity index (χ0v) is 15.6. The van der Waals surface area contributed by atoms with E-state index in [9.17, 15) is 18.8 Å². The topological polar surface area (TPSA) is 79.6 Å². The van der Waals surface area contributed by atoms with Crippen LogP contribution in [0.15, 0.2) is 50.4 Å². The molecule has 3 rings (SSSR count). The molecule has 1 saturated heterocycles. The van der Waals surface area contributed by atoms with E-state index in [0.717, 1.165) is 16.7 Å². The zero-order valence-electron chi connectivity index (χ0n) is 13.2. The minimum Gasteiger partial charge on any atom is -0.444 e. The Morgan fingerprint density at radius 1 is 1.23 bits per heavy atom. The number of imide groups is 1. The average molecular weight is 439 g/mol. The minimum atomic E-state index is -0.445. The van der Waals surface area contributed by atoms with E-state index in [1.165, 1.54) is 36.4 Å². The number of thioether (sulfide) groups is 1. The van der Waals surface area contributed by atoms with Crippen molar-refractivity contribution in [1.82, 2.24) is 10.2 Å².